The highest BCUT2D eigenvalue weighted by Crippen LogP contribution is 2.43. The predicted octanol–water partition coefficient (Wildman–Crippen LogP) is 7.24. The van der Waals surface area contributed by atoms with Gasteiger partial charge in [-0.2, -0.15) is 0 Å². The number of benzene rings is 2. The van der Waals surface area contributed by atoms with E-state index < -0.39 is 0 Å². The zero-order valence-electron chi connectivity index (χ0n) is 17.1. The van der Waals surface area contributed by atoms with E-state index in [1.54, 1.807) is 6.20 Å². The zero-order valence-corrected chi connectivity index (χ0v) is 20.3. The lowest BCUT2D eigenvalue weighted by Gasteiger charge is -2.26. The molecule has 32 heavy (non-hydrogen) atoms. The lowest BCUT2D eigenvalue weighted by Crippen LogP contribution is -2.29. The number of thiocarbonyl (C=S) groups is 1. The summed E-state index contributed by atoms with van der Waals surface area (Å²) in [5, 5.41) is 4.76. The zero-order chi connectivity index (χ0) is 22.2. The van der Waals surface area contributed by atoms with Crippen LogP contribution in [-0.4, -0.2) is 10.1 Å². The van der Waals surface area contributed by atoms with E-state index in [1.165, 1.54) is 0 Å². The van der Waals surface area contributed by atoms with Crippen molar-refractivity contribution in [2.75, 3.05) is 4.90 Å². The second kappa shape index (κ2) is 8.70. The quantitative estimate of drug-likeness (QED) is 0.285. The Morgan fingerprint density at radius 3 is 2.62 bits per heavy atom. The van der Waals surface area contributed by atoms with Crippen molar-refractivity contribution in [1.29, 1.82) is 0 Å². The highest BCUT2D eigenvalue weighted by molar-refractivity contribution is 9.10. The molecule has 1 aliphatic heterocycles. The van der Waals surface area contributed by atoms with E-state index in [1.807, 2.05) is 79.7 Å². The van der Waals surface area contributed by atoms with Crippen LogP contribution < -0.4 is 10.2 Å². The van der Waals surface area contributed by atoms with Gasteiger partial charge in [0.2, 0.25) is 0 Å². The van der Waals surface area contributed by atoms with Crippen molar-refractivity contribution >= 4 is 50.5 Å². The Bertz CT molecular complexity index is 1280. The summed E-state index contributed by atoms with van der Waals surface area (Å²) in [5.41, 5.74) is 3.95. The molecule has 160 valence electrons. The minimum atomic E-state index is -0.202. The second-order valence-corrected chi connectivity index (χ2v) is 9.37. The molecule has 0 unspecified atom stereocenters. The van der Waals surface area contributed by atoms with E-state index >= 15 is 0 Å². The van der Waals surface area contributed by atoms with Gasteiger partial charge < -0.3 is 14.6 Å². The van der Waals surface area contributed by atoms with Gasteiger partial charge in [-0.25, -0.2) is 0 Å². The number of hydrogen-bond donors (Lipinski definition) is 1. The van der Waals surface area contributed by atoms with Crippen LogP contribution in [0.15, 0.2) is 87.9 Å². The summed E-state index contributed by atoms with van der Waals surface area (Å²) in [6, 6.07) is 23.4. The fraction of sp³-hybridized carbons (Fsp3) is 0.120. The Balaban J connectivity index is 1.61. The largest absolute Gasteiger partial charge is 0.459 e. The molecule has 0 radical (unpaired) electrons. The molecular formula is C25H19BrClN3OS. The molecule has 4 aromatic rings. The standard InChI is InChI=1S/C25H19BrClN3OS/c1-15-5-8-17(27)14-19(15)21-11-12-22(31-21)24-23(20-4-2-3-13-28-20)29-25(32)30(24)18-9-6-16(26)7-10-18/h2-14,23-24H,1H3,(H,29,32)/t23-,24-/m0/s1. The molecule has 3 heterocycles. The van der Waals surface area contributed by atoms with Gasteiger partial charge in [0.25, 0.3) is 0 Å². The number of hydrogen-bond acceptors (Lipinski definition) is 3. The second-order valence-electron chi connectivity index (χ2n) is 7.63. The number of anilines is 1. The summed E-state index contributed by atoms with van der Waals surface area (Å²) in [5.74, 6) is 1.57. The highest BCUT2D eigenvalue weighted by Gasteiger charge is 2.42. The van der Waals surface area contributed by atoms with E-state index in [0.29, 0.717) is 10.1 Å². The van der Waals surface area contributed by atoms with Gasteiger partial charge in [0.15, 0.2) is 5.11 Å². The first kappa shape index (κ1) is 21.2. The first-order chi connectivity index (χ1) is 15.5. The van der Waals surface area contributed by atoms with E-state index in [4.69, 9.17) is 28.2 Å². The maximum absolute atomic E-state index is 6.43. The minimum Gasteiger partial charge on any atom is -0.459 e. The molecule has 0 saturated carbocycles. The smallest absolute Gasteiger partial charge is 0.174 e. The van der Waals surface area contributed by atoms with Crippen LogP contribution in [-0.2, 0) is 0 Å². The summed E-state index contributed by atoms with van der Waals surface area (Å²) >= 11 is 15.5. The van der Waals surface area contributed by atoms with Gasteiger partial charge in [0.05, 0.1) is 11.7 Å². The Labute approximate surface area is 205 Å². The van der Waals surface area contributed by atoms with Crippen LogP contribution in [0.1, 0.15) is 29.1 Å². The Morgan fingerprint density at radius 1 is 1.06 bits per heavy atom. The summed E-state index contributed by atoms with van der Waals surface area (Å²) in [6.45, 7) is 2.05. The van der Waals surface area contributed by atoms with Crippen molar-refractivity contribution in [2.45, 2.75) is 19.0 Å². The van der Waals surface area contributed by atoms with Gasteiger partial charge in [-0.1, -0.05) is 39.7 Å². The van der Waals surface area contributed by atoms with Gasteiger partial charge >= 0.3 is 0 Å². The van der Waals surface area contributed by atoms with Crippen LogP contribution >= 0.6 is 39.7 Å². The monoisotopic (exact) mass is 523 g/mol. The molecule has 1 saturated heterocycles. The molecule has 1 N–H and O–H groups in total. The van der Waals surface area contributed by atoms with Gasteiger partial charge in [-0.3, -0.25) is 4.98 Å². The van der Waals surface area contributed by atoms with Gasteiger partial charge in [-0.05, 0) is 85.4 Å². The SMILES string of the molecule is Cc1ccc(Cl)cc1-c1ccc([C@H]2[C@H](c3ccccn3)NC(=S)N2c2ccc(Br)cc2)o1. The van der Waals surface area contributed by atoms with E-state index in [2.05, 4.69) is 31.1 Å². The average molecular weight is 525 g/mol. The summed E-state index contributed by atoms with van der Waals surface area (Å²) in [6.07, 6.45) is 1.79. The number of rotatable bonds is 4. The van der Waals surface area contributed by atoms with Gasteiger partial charge in [0, 0.05) is 26.9 Å². The molecule has 5 rings (SSSR count). The summed E-state index contributed by atoms with van der Waals surface area (Å²) in [4.78, 5) is 6.68. The fourth-order valence-corrected chi connectivity index (χ4v) is 4.82. The van der Waals surface area contributed by atoms with Crippen LogP contribution in [0, 0.1) is 6.92 Å². The van der Waals surface area contributed by atoms with Crippen LogP contribution in [0.4, 0.5) is 5.69 Å². The van der Waals surface area contributed by atoms with E-state index in [0.717, 1.165) is 38.5 Å². The minimum absolute atomic E-state index is 0.160. The summed E-state index contributed by atoms with van der Waals surface area (Å²) in [7, 11) is 0. The third-order valence-corrected chi connectivity index (χ3v) is 6.66. The average Bonchev–Trinajstić information content (AvgIpc) is 3.41. The van der Waals surface area contributed by atoms with Crippen molar-refractivity contribution in [3.8, 4) is 11.3 Å². The van der Waals surface area contributed by atoms with Crippen molar-refractivity contribution in [2.24, 2.45) is 0 Å². The van der Waals surface area contributed by atoms with Crippen LogP contribution in [0.2, 0.25) is 5.02 Å². The third-order valence-electron chi connectivity index (χ3n) is 5.59. The molecule has 2 atom stereocenters. The number of aryl methyl sites for hydroxylation is 1. The number of aromatic nitrogens is 1. The Hall–Kier alpha value is -2.67. The molecule has 1 aliphatic rings. The third kappa shape index (κ3) is 3.94. The normalized spacial score (nSPS) is 18.1. The maximum Gasteiger partial charge on any atom is 0.174 e. The first-order valence-electron chi connectivity index (χ1n) is 10.1. The van der Waals surface area contributed by atoms with Crippen molar-refractivity contribution in [1.82, 2.24) is 10.3 Å². The topological polar surface area (TPSA) is 41.3 Å². The van der Waals surface area contributed by atoms with Crippen molar-refractivity contribution in [3.63, 3.8) is 0 Å². The molecule has 7 heteroatoms. The Morgan fingerprint density at radius 2 is 1.88 bits per heavy atom. The van der Waals surface area contributed by atoms with E-state index in [9.17, 15) is 0 Å². The van der Waals surface area contributed by atoms with E-state index in [-0.39, 0.29) is 12.1 Å². The number of pyridine rings is 1. The highest BCUT2D eigenvalue weighted by atomic mass is 79.9. The molecule has 2 aromatic carbocycles. The number of furan rings is 1. The summed E-state index contributed by atoms with van der Waals surface area (Å²) < 4.78 is 7.44. The van der Waals surface area contributed by atoms with Crippen LogP contribution in [0.3, 0.4) is 0 Å². The predicted molar refractivity (Wildman–Crippen MR) is 136 cm³/mol. The van der Waals surface area contributed by atoms with Crippen LogP contribution in [0.25, 0.3) is 11.3 Å². The molecule has 0 aliphatic carbocycles. The molecule has 0 spiro atoms. The maximum atomic E-state index is 6.43. The lowest BCUT2D eigenvalue weighted by molar-refractivity contribution is 0.439. The molecule has 1 fully saturated rings. The first-order valence-corrected chi connectivity index (χ1v) is 11.7. The van der Waals surface area contributed by atoms with Crippen LogP contribution in [0.5, 0.6) is 0 Å². The molecule has 4 nitrogen and oxygen atoms in total. The van der Waals surface area contributed by atoms with Gasteiger partial charge in [-0.15, -0.1) is 0 Å². The molecule has 0 bridgehead atoms. The van der Waals surface area contributed by atoms with Crippen molar-refractivity contribution in [3.05, 3.63) is 106 Å². The Kier molecular flexibility index (Phi) is 5.76. The molecule has 0 amide bonds. The molecule has 2 aromatic heterocycles. The number of nitrogens with zero attached hydrogens (tertiary/aromatic N) is 2. The number of nitrogens with one attached hydrogen (secondary N) is 1. The lowest BCUT2D eigenvalue weighted by atomic mass is 10.0. The molecular weight excluding hydrogens is 506 g/mol. The fourth-order valence-electron chi connectivity index (χ4n) is 4.04. The number of halogens is 2. The van der Waals surface area contributed by atoms with Gasteiger partial charge in [0.1, 0.15) is 17.6 Å². The van der Waals surface area contributed by atoms with Crippen molar-refractivity contribution < 1.29 is 4.42 Å².